The molecule has 0 saturated heterocycles. The standard InChI is InChI=1S/C23H23F3N2O2/c1-2-17(11-29)27-23(30)14-7-13(8-14)20-18-9-16(25)10-19(26)22(18)28-21(20)12-3-5-15(24)6-4-12/h3-6,9-10,13-14,17,28-29H,2,7-8,11H2,1H3,(H,27,30)/t13-,14-,17-/m1/s1. The Balaban J connectivity index is 1.67. The van der Waals surface area contributed by atoms with Gasteiger partial charge in [0, 0.05) is 17.4 Å². The monoisotopic (exact) mass is 416 g/mol. The largest absolute Gasteiger partial charge is 0.394 e. The molecule has 0 aliphatic heterocycles. The molecular formula is C23H23F3N2O2. The van der Waals surface area contributed by atoms with Crippen LogP contribution >= 0.6 is 0 Å². The van der Waals surface area contributed by atoms with Crippen molar-refractivity contribution in [2.24, 2.45) is 5.92 Å². The second-order valence-electron chi connectivity index (χ2n) is 7.89. The van der Waals surface area contributed by atoms with Gasteiger partial charge in [-0.05, 0) is 66.6 Å². The van der Waals surface area contributed by atoms with Gasteiger partial charge in [-0.15, -0.1) is 0 Å². The van der Waals surface area contributed by atoms with Crippen LogP contribution in [-0.2, 0) is 4.79 Å². The number of hydrogen-bond donors (Lipinski definition) is 3. The van der Waals surface area contributed by atoms with E-state index in [0.29, 0.717) is 35.9 Å². The number of amides is 1. The summed E-state index contributed by atoms with van der Waals surface area (Å²) in [7, 11) is 0. The molecule has 0 unspecified atom stereocenters. The van der Waals surface area contributed by atoms with Crippen LogP contribution in [0.1, 0.15) is 37.7 Å². The van der Waals surface area contributed by atoms with Crippen LogP contribution in [0.15, 0.2) is 36.4 Å². The molecule has 1 saturated carbocycles. The molecule has 0 spiro atoms. The summed E-state index contributed by atoms with van der Waals surface area (Å²) in [5.41, 5.74) is 2.22. The Kier molecular flexibility index (Phi) is 5.56. The maximum Gasteiger partial charge on any atom is 0.223 e. The van der Waals surface area contributed by atoms with Gasteiger partial charge in [0.25, 0.3) is 0 Å². The van der Waals surface area contributed by atoms with Gasteiger partial charge in [0.2, 0.25) is 5.91 Å². The topological polar surface area (TPSA) is 65.1 Å². The summed E-state index contributed by atoms with van der Waals surface area (Å²) < 4.78 is 41.8. The Morgan fingerprint density at radius 3 is 2.50 bits per heavy atom. The number of benzene rings is 2. The summed E-state index contributed by atoms with van der Waals surface area (Å²) in [4.78, 5) is 15.5. The average Bonchev–Trinajstić information content (AvgIpc) is 3.05. The van der Waals surface area contributed by atoms with Crippen LogP contribution in [0.4, 0.5) is 13.2 Å². The Morgan fingerprint density at radius 2 is 1.87 bits per heavy atom. The van der Waals surface area contributed by atoms with Crippen LogP contribution in [-0.4, -0.2) is 28.6 Å². The van der Waals surface area contributed by atoms with Gasteiger partial charge >= 0.3 is 0 Å². The van der Waals surface area contributed by atoms with Crippen LogP contribution < -0.4 is 5.32 Å². The van der Waals surface area contributed by atoms with Crippen molar-refractivity contribution in [3.63, 3.8) is 0 Å². The van der Waals surface area contributed by atoms with Crippen molar-refractivity contribution in [3.8, 4) is 11.3 Å². The Labute approximate surface area is 172 Å². The number of carbonyl (C=O) groups excluding carboxylic acids is 1. The normalized spacial score (nSPS) is 19.5. The number of halogens is 3. The van der Waals surface area contributed by atoms with Gasteiger partial charge in [-0.3, -0.25) is 4.79 Å². The van der Waals surface area contributed by atoms with E-state index >= 15 is 0 Å². The number of aromatic amines is 1. The third kappa shape index (κ3) is 3.69. The molecular weight excluding hydrogens is 393 g/mol. The van der Waals surface area contributed by atoms with Crippen LogP contribution in [0.25, 0.3) is 22.2 Å². The number of hydrogen-bond acceptors (Lipinski definition) is 2. The van der Waals surface area contributed by atoms with E-state index in [9.17, 15) is 23.1 Å². The number of carbonyl (C=O) groups is 1. The number of fused-ring (bicyclic) bond motifs is 1. The van der Waals surface area contributed by atoms with Gasteiger partial charge in [0.05, 0.1) is 23.9 Å². The molecule has 0 bridgehead atoms. The molecule has 7 heteroatoms. The predicted molar refractivity (Wildman–Crippen MR) is 108 cm³/mol. The minimum absolute atomic E-state index is 0.0649. The number of aliphatic hydroxyl groups is 1. The van der Waals surface area contributed by atoms with Gasteiger partial charge in [0.15, 0.2) is 0 Å². The minimum atomic E-state index is -0.693. The molecule has 2 aromatic carbocycles. The zero-order chi connectivity index (χ0) is 21.4. The number of aromatic nitrogens is 1. The quantitative estimate of drug-likeness (QED) is 0.548. The fourth-order valence-corrected chi connectivity index (χ4v) is 4.17. The van der Waals surface area contributed by atoms with Gasteiger partial charge in [0.1, 0.15) is 17.5 Å². The lowest BCUT2D eigenvalue weighted by Gasteiger charge is -2.35. The molecule has 0 radical (unpaired) electrons. The molecule has 1 heterocycles. The van der Waals surface area contributed by atoms with Crippen molar-refractivity contribution in [2.45, 2.75) is 38.1 Å². The fraction of sp³-hybridized carbons (Fsp3) is 0.348. The van der Waals surface area contributed by atoms with E-state index in [1.807, 2.05) is 6.92 Å². The van der Waals surface area contributed by atoms with Gasteiger partial charge < -0.3 is 15.4 Å². The summed E-state index contributed by atoms with van der Waals surface area (Å²) in [6, 6.07) is 7.66. The lowest BCUT2D eigenvalue weighted by atomic mass is 9.69. The molecule has 1 atom stereocenters. The number of aliphatic hydroxyl groups excluding tert-OH is 1. The summed E-state index contributed by atoms with van der Waals surface area (Å²) in [6.45, 7) is 1.77. The van der Waals surface area contributed by atoms with E-state index in [4.69, 9.17) is 0 Å². The highest BCUT2D eigenvalue weighted by Gasteiger charge is 2.38. The van der Waals surface area contributed by atoms with Crippen molar-refractivity contribution in [1.29, 1.82) is 0 Å². The molecule has 1 fully saturated rings. The number of nitrogens with one attached hydrogen (secondary N) is 2. The van der Waals surface area contributed by atoms with E-state index in [1.165, 1.54) is 18.2 Å². The van der Waals surface area contributed by atoms with Gasteiger partial charge in [-0.25, -0.2) is 13.2 Å². The molecule has 158 valence electrons. The van der Waals surface area contributed by atoms with E-state index in [1.54, 1.807) is 12.1 Å². The zero-order valence-corrected chi connectivity index (χ0v) is 16.5. The maximum absolute atomic E-state index is 14.4. The molecule has 1 aliphatic rings. The van der Waals surface area contributed by atoms with Crippen molar-refractivity contribution < 1.29 is 23.1 Å². The van der Waals surface area contributed by atoms with Gasteiger partial charge in [-0.2, -0.15) is 0 Å². The third-order valence-corrected chi connectivity index (χ3v) is 5.97. The first-order chi connectivity index (χ1) is 14.4. The van der Waals surface area contributed by atoms with E-state index < -0.39 is 11.6 Å². The van der Waals surface area contributed by atoms with Crippen LogP contribution in [0.5, 0.6) is 0 Å². The molecule has 4 nitrogen and oxygen atoms in total. The van der Waals surface area contributed by atoms with Crippen LogP contribution in [0.2, 0.25) is 0 Å². The number of H-pyrrole nitrogens is 1. The Hall–Kier alpha value is -2.80. The SMILES string of the molecule is CC[C@H](CO)NC(=O)[C@H]1C[C@H](c2c(-c3ccc(F)cc3)[nH]c3c(F)cc(F)cc32)C1. The molecule has 30 heavy (non-hydrogen) atoms. The van der Waals surface area contributed by atoms with Crippen molar-refractivity contribution in [3.05, 3.63) is 59.4 Å². The fourth-order valence-electron chi connectivity index (χ4n) is 4.17. The van der Waals surface area contributed by atoms with Crippen molar-refractivity contribution in [2.75, 3.05) is 6.61 Å². The maximum atomic E-state index is 14.4. The van der Waals surface area contributed by atoms with Gasteiger partial charge in [-0.1, -0.05) is 6.92 Å². The zero-order valence-electron chi connectivity index (χ0n) is 16.5. The third-order valence-electron chi connectivity index (χ3n) is 5.97. The van der Waals surface area contributed by atoms with Crippen LogP contribution in [0, 0.1) is 23.4 Å². The lowest BCUT2D eigenvalue weighted by Crippen LogP contribution is -2.44. The predicted octanol–water partition coefficient (Wildman–Crippen LogP) is 4.63. The molecule has 1 aliphatic carbocycles. The first kappa shape index (κ1) is 20.5. The smallest absolute Gasteiger partial charge is 0.223 e. The number of rotatable bonds is 6. The van der Waals surface area contributed by atoms with E-state index in [-0.39, 0.29) is 41.7 Å². The minimum Gasteiger partial charge on any atom is -0.394 e. The highest BCUT2D eigenvalue weighted by molar-refractivity contribution is 5.92. The highest BCUT2D eigenvalue weighted by atomic mass is 19.1. The molecule has 1 aromatic heterocycles. The molecule has 1 amide bonds. The van der Waals surface area contributed by atoms with E-state index in [0.717, 1.165) is 11.6 Å². The Morgan fingerprint density at radius 1 is 1.17 bits per heavy atom. The van der Waals surface area contributed by atoms with Crippen LogP contribution in [0.3, 0.4) is 0 Å². The second-order valence-corrected chi connectivity index (χ2v) is 7.89. The summed E-state index contributed by atoms with van der Waals surface area (Å²) in [5, 5.41) is 12.6. The average molecular weight is 416 g/mol. The first-order valence-corrected chi connectivity index (χ1v) is 10.1. The van der Waals surface area contributed by atoms with Crippen molar-refractivity contribution >= 4 is 16.8 Å². The highest BCUT2D eigenvalue weighted by Crippen LogP contribution is 2.48. The molecule has 3 N–H and O–H groups in total. The molecule has 3 aromatic rings. The van der Waals surface area contributed by atoms with E-state index in [2.05, 4.69) is 10.3 Å². The first-order valence-electron chi connectivity index (χ1n) is 10.1. The Bertz CT molecular complexity index is 1070. The summed E-state index contributed by atoms with van der Waals surface area (Å²) in [5.74, 6) is -2.16. The second kappa shape index (κ2) is 8.14. The molecule has 4 rings (SSSR count). The summed E-state index contributed by atoms with van der Waals surface area (Å²) >= 11 is 0. The summed E-state index contributed by atoms with van der Waals surface area (Å²) in [6.07, 6.45) is 1.70. The lowest BCUT2D eigenvalue weighted by molar-refractivity contribution is -0.129. The van der Waals surface area contributed by atoms with Crippen molar-refractivity contribution in [1.82, 2.24) is 10.3 Å².